The molecule has 0 aliphatic heterocycles. The van der Waals surface area contributed by atoms with Crippen molar-refractivity contribution < 1.29 is 14.3 Å². The van der Waals surface area contributed by atoms with Crippen LogP contribution in [0.15, 0.2) is 48.5 Å². The van der Waals surface area contributed by atoms with Gasteiger partial charge in [0.15, 0.2) is 5.78 Å². The fourth-order valence-corrected chi connectivity index (χ4v) is 2.72. The molecule has 136 valence electrons. The normalized spacial score (nSPS) is 11.3. The summed E-state index contributed by atoms with van der Waals surface area (Å²) < 4.78 is 5.04. The lowest BCUT2D eigenvalue weighted by molar-refractivity contribution is 0.0526. The van der Waals surface area contributed by atoms with E-state index in [9.17, 15) is 9.59 Å². The molecule has 3 heteroatoms. The average molecular weight is 350 g/mol. The molecule has 2 aromatic carbocycles. The lowest BCUT2D eigenvalue weighted by atomic mass is 9.96. The van der Waals surface area contributed by atoms with Gasteiger partial charge in [-0.2, -0.15) is 0 Å². The van der Waals surface area contributed by atoms with Gasteiger partial charge in [-0.15, -0.1) is 0 Å². The summed E-state index contributed by atoms with van der Waals surface area (Å²) in [7, 11) is 0. The topological polar surface area (TPSA) is 43.4 Å². The highest BCUT2D eigenvalue weighted by molar-refractivity contribution is 5.94. The van der Waals surface area contributed by atoms with Gasteiger partial charge in [0.25, 0.3) is 0 Å². The molecule has 0 saturated carbocycles. The van der Waals surface area contributed by atoms with Gasteiger partial charge in [0.2, 0.25) is 0 Å². The molecule has 0 N–H and O–H groups in total. The van der Waals surface area contributed by atoms with E-state index in [1.807, 2.05) is 48.5 Å². The van der Waals surface area contributed by atoms with Crippen LogP contribution in [0.3, 0.4) is 0 Å². The van der Waals surface area contributed by atoms with E-state index < -0.39 is 0 Å². The molecule has 0 aromatic heterocycles. The first-order valence-corrected chi connectivity index (χ1v) is 9.14. The molecule has 0 fully saturated rings. The highest BCUT2D eigenvalue weighted by Gasteiger charge is 2.08. The molecule has 0 aliphatic carbocycles. The molecule has 26 heavy (non-hydrogen) atoms. The van der Waals surface area contributed by atoms with Crippen molar-refractivity contribution in [1.82, 2.24) is 0 Å². The third kappa shape index (κ3) is 5.41. The van der Waals surface area contributed by atoms with Crippen molar-refractivity contribution >= 4 is 23.4 Å². The summed E-state index contributed by atoms with van der Waals surface area (Å²) >= 11 is 0. The van der Waals surface area contributed by atoms with E-state index in [0.717, 1.165) is 36.0 Å². The Morgan fingerprint density at radius 2 is 1.46 bits per heavy atom. The number of ketones is 1. The van der Waals surface area contributed by atoms with Gasteiger partial charge in [0, 0.05) is 5.56 Å². The van der Waals surface area contributed by atoms with Crippen molar-refractivity contribution in [3.63, 3.8) is 0 Å². The van der Waals surface area contributed by atoms with E-state index in [-0.39, 0.29) is 11.8 Å². The fraction of sp³-hybridized carbons (Fsp3) is 0.304. The van der Waals surface area contributed by atoms with Crippen LogP contribution in [0.5, 0.6) is 0 Å². The van der Waals surface area contributed by atoms with Gasteiger partial charge in [-0.1, -0.05) is 55.8 Å². The summed E-state index contributed by atoms with van der Waals surface area (Å²) in [6.45, 7) is 5.92. The molecule has 2 aromatic rings. The number of Topliss-reactive ketones (excluding diaryl/α,β-unsaturated/α-hetero) is 1. The zero-order chi connectivity index (χ0) is 18.9. The predicted octanol–water partition coefficient (Wildman–Crippen LogP) is 5.80. The van der Waals surface area contributed by atoms with Crippen LogP contribution in [0, 0.1) is 0 Å². The molecule has 0 aliphatic rings. The Morgan fingerprint density at radius 1 is 0.885 bits per heavy atom. The number of esters is 1. The van der Waals surface area contributed by atoms with E-state index in [4.69, 9.17) is 4.74 Å². The molecule has 3 nitrogen and oxygen atoms in total. The van der Waals surface area contributed by atoms with Crippen LogP contribution in [-0.4, -0.2) is 18.4 Å². The smallest absolute Gasteiger partial charge is 0.338 e. The van der Waals surface area contributed by atoms with Gasteiger partial charge in [-0.25, -0.2) is 4.79 Å². The Balaban J connectivity index is 2.28. The summed E-state index contributed by atoms with van der Waals surface area (Å²) in [5.74, 6) is -0.223. The van der Waals surface area contributed by atoms with Crippen LogP contribution < -0.4 is 0 Å². The Labute approximate surface area is 155 Å². The maximum atomic E-state index is 11.8. The van der Waals surface area contributed by atoms with Crippen LogP contribution >= 0.6 is 0 Å². The molecule has 0 saturated heterocycles. The summed E-state index contributed by atoms with van der Waals surface area (Å²) in [5, 5.41) is 0. The van der Waals surface area contributed by atoms with Gasteiger partial charge in [0.05, 0.1) is 12.2 Å². The Morgan fingerprint density at radius 3 is 2.00 bits per heavy atom. The van der Waals surface area contributed by atoms with Crippen molar-refractivity contribution in [3.8, 4) is 0 Å². The van der Waals surface area contributed by atoms with Gasteiger partial charge < -0.3 is 4.74 Å². The first kappa shape index (κ1) is 19.6. The second-order valence-corrected chi connectivity index (χ2v) is 6.25. The second-order valence-electron chi connectivity index (χ2n) is 6.25. The number of rotatable bonds is 8. The van der Waals surface area contributed by atoms with Gasteiger partial charge in [-0.3, -0.25) is 4.79 Å². The molecule has 0 heterocycles. The number of hydrogen-bond acceptors (Lipinski definition) is 3. The molecule has 0 radical (unpaired) electrons. The summed E-state index contributed by atoms with van der Waals surface area (Å²) in [6, 6.07) is 15.2. The van der Waals surface area contributed by atoms with Crippen molar-refractivity contribution in [2.24, 2.45) is 0 Å². The van der Waals surface area contributed by atoms with Crippen LogP contribution in [-0.2, 0) is 4.74 Å². The average Bonchev–Trinajstić information content (AvgIpc) is 2.66. The monoisotopic (exact) mass is 350 g/mol. The predicted molar refractivity (Wildman–Crippen MR) is 106 cm³/mol. The number of ether oxygens (including phenoxy) is 1. The highest BCUT2D eigenvalue weighted by Crippen LogP contribution is 2.25. The number of allylic oxidation sites excluding steroid dienone is 1. The highest BCUT2D eigenvalue weighted by atomic mass is 16.5. The largest absolute Gasteiger partial charge is 0.462 e. The van der Waals surface area contributed by atoms with E-state index in [1.165, 1.54) is 5.57 Å². The van der Waals surface area contributed by atoms with Crippen LogP contribution in [0.4, 0.5) is 0 Å². The maximum absolute atomic E-state index is 11.8. The zero-order valence-corrected chi connectivity index (χ0v) is 15.7. The third-order valence-electron chi connectivity index (χ3n) is 4.22. The van der Waals surface area contributed by atoms with Gasteiger partial charge in [0.1, 0.15) is 0 Å². The van der Waals surface area contributed by atoms with Crippen LogP contribution in [0.25, 0.3) is 11.6 Å². The zero-order valence-electron chi connectivity index (χ0n) is 15.7. The minimum absolute atomic E-state index is 0.0706. The molecule has 0 bridgehead atoms. The lowest BCUT2D eigenvalue weighted by Crippen LogP contribution is -2.04. The van der Waals surface area contributed by atoms with Crippen molar-refractivity contribution in [2.75, 3.05) is 6.61 Å². The number of unbranched alkanes of at least 4 members (excludes halogenated alkanes) is 1. The lowest BCUT2D eigenvalue weighted by Gasteiger charge is -2.09. The quantitative estimate of drug-likeness (QED) is 0.343. The molecular formula is C23H26O3. The third-order valence-corrected chi connectivity index (χ3v) is 4.22. The van der Waals surface area contributed by atoms with Crippen LogP contribution in [0.1, 0.15) is 71.9 Å². The van der Waals surface area contributed by atoms with E-state index >= 15 is 0 Å². The minimum atomic E-state index is -0.294. The number of carbonyl (C=O) groups excluding carboxylic acids is 2. The van der Waals surface area contributed by atoms with E-state index in [2.05, 4.69) is 13.0 Å². The number of benzene rings is 2. The van der Waals surface area contributed by atoms with Crippen molar-refractivity contribution in [1.29, 1.82) is 0 Å². The first-order valence-electron chi connectivity index (χ1n) is 9.14. The molecule has 0 unspecified atom stereocenters. The molecule has 2 rings (SSSR count). The summed E-state index contributed by atoms with van der Waals surface area (Å²) in [4.78, 5) is 23.2. The first-order chi connectivity index (χ1) is 12.5. The minimum Gasteiger partial charge on any atom is -0.462 e. The molecule has 0 amide bonds. The summed E-state index contributed by atoms with van der Waals surface area (Å²) in [5.41, 5.74) is 4.67. The van der Waals surface area contributed by atoms with Crippen molar-refractivity contribution in [3.05, 3.63) is 70.8 Å². The van der Waals surface area contributed by atoms with Gasteiger partial charge >= 0.3 is 5.97 Å². The Kier molecular flexibility index (Phi) is 7.34. The van der Waals surface area contributed by atoms with E-state index in [0.29, 0.717) is 12.2 Å². The van der Waals surface area contributed by atoms with Crippen LogP contribution in [0.2, 0.25) is 0 Å². The fourth-order valence-electron chi connectivity index (χ4n) is 2.72. The molecule has 0 atom stereocenters. The number of hydrogen-bond donors (Lipinski definition) is 0. The van der Waals surface area contributed by atoms with Gasteiger partial charge in [-0.05, 0) is 55.5 Å². The number of carbonyl (C=O) groups is 2. The molecule has 0 spiro atoms. The van der Waals surface area contributed by atoms with Crippen molar-refractivity contribution in [2.45, 2.75) is 40.0 Å². The maximum Gasteiger partial charge on any atom is 0.338 e. The molecular weight excluding hydrogens is 324 g/mol. The van der Waals surface area contributed by atoms with E-state index in [1.54, 1.807) is 13.8 Å². The standard InChI is InChI=1S/C23H26O3/c1-4-6-7-22(16-18-8-10-19(11-9-18)17(3)24)20-12-14-21(15-13-20)23(25)26-5-2/h8-16H,4-7H2,1-3H3/b22-16+. The SMILES string of the molecule is CCCC/C(=C\c1ccc(C(C)=O)cc1)c1ccc(C(=O)OCC)cc1. The summed E-state index contributed by atoms with van der Waals surface area (Å²) in [6.07, 6.45) is 5.32. The Bertz CT molecular complexity index is 768. The second kappa shape index (κ2) is 9.71. The Hall–Kier alpha value is -2.68.